The van der Waals surface area contributed by atoms with E-state index in [0.29, 0.717) is 17.6 Å². The van der Waals surface area contributed by atoms with Gasteiger partial charge in [-0.15, -0.1) is 0 Å². The fourth-order valence-corrected chi connectivity index (χ4v) is 3.18. The molecule has 2 atom stereocenters. The molecule has 17 heavy (non-hydrogen) atoms. The lowest BCUT2D eigenvalue weighted by molar-refractivity contribution is 0.240. The molecule has 94 valence electrons. The van der Waals surface area contributed by atoms with Crippen LogP contribution in [0, 0.1) is 12.8 Å². The third-order valence-corrected chi connectivity index (χ3v) is 4.11. The van der Waals surface area contributed by atoms with E-state index in [2.05, 4.69) is 20.8 Å². The standard InChI is InChI=1S/C15H22O2/c1-9(2)12-6-5-11(8-16)14-10(3)4-7-13(17)15(12)14/h4,7,9,11-12,16-17H,5-6,8H2,1-3H3. The van der Waals surface area contributed by atoms with Gasteiger partial charge in [-0.25, -0.2) is 0 Å². The van der Waals surface area contributed by atoms with Crippen molar-refractivity contribution >= 4 is 0 Å². The maximum absolute atomic E-state index is 10.1. The van der Waals surface area contributed by atoms with E-state index in [1.165, 1.54) is 11.1 Å². The number of hydrogen-bond acceptors (Lipinski definition) is 2. The molecule has 0 heterocycles. The first kappa shape index (κ1) is 12.4. The number of aromatic hydroxyl groups is 1. The summed E-state index contributed by atoms with van der Waals surface area (Å²) in [5, 5.41) is 19.6. The lowest BCUT2D eigenvalue weighted by atomic mass is 9.71. The van der Waals surface area contributed by atoms with Crippen molar-refractivity contribution < 1.29 is 10.2 Å². The van der Waals surface area contributed by atoms with Gasteiger partial charge in [-0.2, -0.15) is 0 Å². The second-order valence-corrected chi connectivity index (χ2v) is 5.54. The van der Waals surface area contributed by atoms with Crippen LogP contribution in [0.1, 0.15) is 55.2 Å². The topological polar surface area (TPSA) is 40.5 Å². The smallest absolute Gasteiger partial charge is 0.119 e. The molecule has 1 aromatic carbocycles. The molecule has 2 heteroatoms. The highest BCUT2D eigenvalue weighted by Gasteiger charge is 2.31. The Hall–Kier alpha value is -1.02. The number of hydrogen-bond donors (Lipinski definition) is 2. The molecular formula is C15H22O2. The van der Waals surface area contributed by atoms with Crippen LogP contribution in [-0.4, -0.2) is 16.8 Å². The maximum Gasteiger partial charge on any atom is 0.119 e. The van der Waals surface area contributed by atoms with Crippen molar-refractivity contribution in [1.29, 1.82) is 0 Å². The van der Waals surface area contributed by atoms with Crippen LogP contribution in [0.15, 0.2) is 12.1 Å². The van der Waals surface area contributed by atoms with Crippen LogP contribution >= 0.6 is 0 Å². The lowest BCUT2D eigenvalue weighted by Crippen LogP contribution is -2.21. The fraction of sp³-hybridized carbons (Fsp3) is 0.600. The van der Waals surface area contributed by atoms with E-state index in [1.807, 2.05) is 6.07 Å². The van der Waals surface area contributed by atoms with Gasteiger partial charge in [-0.05, 0) is 48.8 Å². The Balaban J connectivity index is 2.58. The number of benzene rings is 1. The first-order valence-corrected chi connectivity index (χ1v) is 6.49. The van der Waals surface area contributed by atoms with Crippen LogP contribution in [0.4, 0.5) is 0 Å². The Morgan fingerprint density at radius 2 is 1.94 bits per heavy atom. The molecule has 1 aromatic rings. The predicted molar refractivity (Wildman–Crippen MR) is 69.5 cm³/mol. The zero-order chi connectivity index (χ0) is 12.6. The van der Waals surface area contributed by atoms with Gasteiger partial charge in [0.2, 0.25) is 0 Å². The number of fused-ring (bicyclic) bond motifs is 1. The summed E-state index contributed by atoms with van der Waals surface area (Å²) in [7, 11) is 0. The van der Waals surface area contributed by atoms with Crippen molar-refractivity contribution in [3.8, 4) is 5.75 Å². The number of rotatable bonds is 2. The Morgan fingerprint density at radius 3 is 2.53 bits per heavy atom. The molecular weight excluding hydrogens is 212 g/mol. The van der Waals surface area contributed by atoms with Gasteiger partial charge in [0, 0.05) is 18.1 Å². The van der Waals surface area contributed by atoms with Crippen molar-refractivity contribution in [3.63, 3.8) is 0 Å². The SMILES string of the molecule is Cc1ccc(O)c2c1C(CO)CCC2C(C)C. The van der Waals surface area contributed by atoms with E-state index < -0.39 is 0 Å². The highest BCUT2D eigenvalue weighted by Crippen LogP contribution is 2.47. The lowest BCUT2D eigenvalue weighted by Gasteiger charge is -2.34. The zero-order valence-corrected chi connectivity index (χ0v) is 10.9. The summed E-state index contributed by atoms with van der Waals surface area (Å²) < 4.78 is 0. The highest BCUT2D eigenvalue weighted by molar-refractivity contribution is 5.49. The van der Waals surface area contributed by atoms with Crippen LogP contribution < -0.4 is 0 Å². The summed E-state index contributed by atoms with van der Waals surface area (Å²) >= 11 is 0. The minimum Gasteiger partial charge on any atom is -0.508 e. The van der Waals surface area contributed by atoms with Gasteiger partial charge in [0.05, 0.1) is 0 Å². The van der Waals surface area contributed by atoms with Crippen LogP contribution in [0.25, 0.3) is 0 Å². The number of aliphatic hydroxyl groups is 1. The van der Waals surface area contributed by atoms with Gasteiger partial charge >= 0.3 is 0 Å². The zero-order valence-electron chi connectivity index (χ0n) is 10.9. The van der Waals surface area contributed by atoms with Crippen LogP contribution in [0.5, 0.6) is 5.75 Å². The average molecular weight is 234 g/mol. The fourth-order valence-electron chi connectivity index (χ4n) is 3.18. The monoisotopic (exact) mass is 234 g/mol. The largest absolute Gasteiger partial charge is 0.508 e. The molecule has 0 saturated heterocycles. The molecule has 1 aliphatic rings. The molecule has 2 N–H and O–H groups in total. The Bertz CT molecular complexity index is 410. The molecule has 0 fully saturated rings. The Kier molecular flexibility index (Phi) is 3.43. The number of phenols is 1. The van der Waals surface area contributed by atoms with Gasteiger partial charge < -0.3 is 10.2 Å². The minimum atomic E-state index is 0.183. The molecule has 0 aromatic heterocycles. The van der Waals surface area contributed by atoms with E-state index in [-0.39, 0.29) is 12.5 Å². The second-order valence-electron chi connectivity index (χ2n) is 5.54. The molecule has 0 aliphatic heterocycles. The molecule has 0 bridgehead atoms. The second kappa shape index (κ2) is 4.69. The van der Waals surface area contributed by atoms with E-state index >= 15 is 0 Å². The molecule has 0 radical (unpaired) electrons. The summed E-state index contributed by atoms with van der Waals surface area (Å²) in [5.41, 5.74) is 3.48. The highest BCUT2D eigenvalue weighted by atomic mass is 16.3. The molecule has 2 nitrogen and oxygen atoms in total. The van der Waals surface area contributed by atoms with Crippen molar-refractivity contribution in [2.24, 2.45) is 5.92 Å². The molecule has 0 saturated carbocycles. The first-order chi connectivity index (χ1) is 8.06. The molecule has 2 rings (SSSR count). The summed E-state index contributed by atoms with van der Waals surface area (Å²) in [6, 6.07) is 3.75. The molecule has 0 amide bonds. The average Bonchev–Trinajstić information content (AvgIpc) is 2.32. The van der Waals surface area contributed by atoms with Gasteiger partial charge in [0.15, 0.2) is 0 Å². The Labute approximate surface area is 103 Å². The van der Waals surface area contributed by atoms with E-state index in [4.69, 9.17) is 0 Å². The van der Waals surface area contributed by atoms with E-state index in [0.717, 1.165) is 18.4 Å². The maximum atomic E-state index is 10.1. The van der Waals surface area contributed by atoms with Crippen molar-refractivity contribution in [2.45, 2.75) is 45.4 Å². The Morgan fingerprint density at radius 1 is 1.24 bits per heavy atom. The number of aliphatic hydroxyl groups excluding tert-OH is 1. The predicted octanol–water partition coefficient (Wildman–Crippen LogP) is 3.31. The van der Waals surface area contributed by atoms with Crippen LogP contribution in [0.2, 0.25) is 0 Å². The van der Waals surface area contributed by atoms with Gasteiger partial charge in [0.1, 0.15) is 5.75 Å². The van der Waals surface area contributed by atoms with Gasteiger partial charge in [-0.1, -0.05) is 19.9 Å². The molecule has 2 unspecified atom stereocenters. The van der Waals surface area contributed by atoms with Gasteiger partial charge in [0.25, 0.3) is 0 Å². The quantitative estimate of drug-likeness (QED) is 0.824. The summed E-state index contributed by atoms with van der Waals surface area (Å²) in [5.74, 6) is 1.56. The van der Waals surface area contributed by atoms with Crippen LogP contribution in [-0.2, 0) is 0 Å². The van der Waals surface area contributed by atoms with Crippen molar-refractivity contribution in [2.75, 3.05) is 6.61 Å². The third-order valence-electron chi connectivity index (χ3n) is 4.11. The summed E-state index contributed by atoms with van der Waals surface area (Å²) in [4.78, 5) is 0. The third kappa shape index (κ3) is 2.06. The van der Waals surface area contributed by atoms with Gasteiger partial charge in [-0.3, -0.25) is 0 Å². The van der Waals surface area contributed by atoms with Crippen molar-refractivity contribution in [3.05, 3.63) is 28.8 Å². The number of phenolic OH excluding ortho intramolecular Hbond substituents is 1. The van der Waals surface area contributed by atoms with Crippen molar-refractivity contribution in [1.82, 2.24) is 0 Å². The summed E-state index contributed by atoms with van der Waals surface area (Å²) in [6.45, 7) is 6.66. The van der Waals surface area contributed by atoms with E-state index in [9.17, 15) is 10.2 Å². The molecule has 0 spiro atoms. The summed E-state index contributed by atoms with van der Waals surface area (Å²) in [6.07, 6.45) is 2.09. The first-order valence-electron chi connectivity index (χ1n) is 6.49. The van der Waals surface area contributed by atoms with Crippen LogP contribution in [0.3, 0.4) is 0 Å². The minimum absolute atomic E-state index is 0.183. The van der Waals surface area contributed by atoms with E-state index in [1.54, 1.807) is 6.07 Å². The number of aryl methyl sites for hydroxylation is 1. The molecule has 1 aliphatic carbocycles. The normalized spacial score (nSPS) is 23.8.